The van der Waals surface area contributed by atoms with Gasteiger partial charge in [0.2, 0.25) is 11.8 Å². The molecule has 0 aliphatic heterocycles. The van der Waals surface area contributed by atoms with Gasteiger partial charge in [0.25, 0.3) is 10.0 Å². The predicted octanol–water partition coefficient (Wildman–Crippen LogP) is 5.33. The lowest BCUT2D eigenvalue weighted by atomic mass is 10.1. The molecule has 3 rings (SSSR count). The van der Waals surface area contributed by atoms with Crippen LogP contribution >= 0.6 is 11.6 Å². The normalized spacial score (nSPS) is 12.0. The SMILES string of the molecule is CCCCNC(=O)[C@H](C)N(Cc1ccccc1F)C(=O)CN(c1cc(Cl)ccc1OC)S(=O)(=O)c1ccc(C)cc1. The zero-order valence-corrected chi connectivity index (χ0v) is 25.1. The number of methoxy groups -OCH3 is 1. The Morgan fingerprint density at radius 2 is 1.76 bits per heavy atom. The van der Waals surface area contributed by atoms with Gasteiger partial charge in [0.05, 0.1) is 17.7 Å². The van der Waals surface area contributed by atoms with Crippen LogP contribution in [0.1, 0.15) is 37.8 Å². The van der Waals surface area contributed by atoms with Gasteiger partial charge in [-0.1, -0.05) is 60.8 Å². The van der Waals surface area contributed by atoms with Crippen molar-refractivity contribution in [1.29, 1.82) is 0 Å². The van der Waals surface area contributed by atoms with Crippen LogP contribution in [-0.4, -0.2) is 51.4 Å². The van der Waals surface area contributed by atoms with E-state index in [1.165, 1.54) is 67.5 Å². The highest BCUT2D eigenvalue weighted by atomic mass is 35.5. The van der Waals surface area contributed by atoms with E-state index >= 15 is 0 Å². The number of anilines is 1. The van der Waals surface area contributed by atoms with Crippen LogP contribution in [0.3, 0.4) is 0 Å². The van der Waals surface area contributed by atoms with Crippen molar-refractivity contribution < 1.29 is 27.1 Å². The summed E-state index contributed by atoms with van der Waals surface area (Å²) in [5, 5.41) is 3.02. The van der Waals surface area contributed by atoms with E-state index in [4.69, 9.17) is 16.3 Å². The van der Waals surface area contributed by atoms with Crippen molar-refractivity contribution in [2.75, 3.05) is 24.5 Å². The molecule has 41 heavy (non-hydrogen) atoms. The lowest BCUT2D eigenvalue weighted by Crippen LogP contribution is -2.51. The van der Waals surface area contributed by atoms with E-state index in [0.717, 1.165) is 22.7 Å². The van der Waals surface area contributed by atoms with Crippen molar-refractivity contribution in [2.24, 2.45) is 0 Å². The minimum absolute atomic E-state index is 0.0415. The molecule has 11 heteroatoms. The fourth-order valence-corrected chi connectivity index (χ4v) is 5.72. The maximum atomic E-state index is 14.7. The monoisotopic (exact) mass is 603 g/mol. The minimum atomic E-state index is -4.32. The number of ether oxygens (including phenoxy) is 1. The molecule has 2 amide bonds. The maximum absolute atomic E-state index is 14.7. The summed E-state index contributed by atoms with van der Waals surface area (Å²) < 4.78 is 49.0. The first-order valence-corrected chi connectivity index (χ1v) is 15.0. The minimum Gasteiger partial charge on any atom is -0.495 e. The van der Waals surface area contributed by atoms with Crippen LogP contribution in [0.4, 0.5) is 10.1 Å². The average Bonchev–Trinajstić information content (AvgIpc) is 2.95. The predicted molar refractivity (Wildman–Crippen MR) is 158 cm³/mol. The third-order valence-corrected chi connectivity index (χ3v) is 8.60. The summed E-state index contributed by atoms with van der Waals surface area (Å²) in [5.74, 6) is -1.53. The number of benzene rings is 3. The van der Waals surface area contributed by atoms with Crippen molar-refractivity contribution in [1.82, 2.24) is 10.2 Å². The second kappa shape index (κ2) is 14.3. The van der Waals surface area contributed by atoms with Crippen LogP contribution in [0.2, 0.25) is 5.02 Å². The summed E-state index contributed by atoms with van der Waals surface area (Å²) in [4.78, 5) is 28.1. The Labute approximate surface area is 246 Å². The van der Waals surface area contributed by atoms with E-state index in [9.17, 15) is 22.4 Å². The van der Waals surface area contributed by atoms with Gasteiger partial charge in [-0.2, -0.15) is 0 Å². The molecule has 220 valence electrons. The van der Waals surface area contributed by atoms with Gasteiger partial charge in [0.15, 0.2) is 0 Å². The van der Waals surface area contributed by atoms with Gasteiger partial charge in [-0.25, -0.2) is 12.8 Å². The molecule has 1 N–H and O–H groups in total. The largest absolute Gasteiger partial charge is 0.495 e. The molecule has 8 nitrogen and oxygen atoms in total. The maximum Gasteiger partial charge on any atom is 0.264 e. The first-order valence-electron chi connectivity index (χ1n) is 13.2. The summed E-state index contributed by atoms with van der Waals surface area (Å²) in [6.07, 6.45) is 1.61. The third kappa shape index (κ3) is 7.98. The Morgan fingerprint density at radius 3 is 2.39 bits per heavy atom. The topological polar surface area (TPSA) is 96.0 Å². The van der Waals surface area contributed by atoms with Gasteiger partial charge >= 0.3 is 0 Å². The number of halogens is 2. The molecule has 3 aromatic carbocycles. The Balaban J connectivity index is 2.08. The summed E-state index contributed by atoms with van der Waals surface area (Å²) in [6, 6.07) is 15.5. The van der Waals surface area contributed by atoms with E-state index < -0.39 is 40.2 Å². The Hall–Kier alpha value is -3.63. The number of aryl methyl sites for hydroxylation is 1. The molecule has 0 saturated carbocycles. The van der Waals surface area contributed by atoms with Crippen LogP contribution in [0.15, 0.2) is 71.6 Å². The van der Waals surface area contributed by atoms with E-state index in [-0.39, 0.29) is 33.5 Å². The molecule has 0 saturated heterocycles. The van der Waals surface area contributed by atoms with Crippen LogP contribution in [0, 0.1) is 12.7 Å². The molecular weight excluding hydrogens is 569 g/mol. The third-order valence-electron chi connectivity index (χ3n) is 6.59. The van der Waals surface area contributed by atoms with Crippen LogP contribution in [0.25, 0.3) is 0 Å². The molecule has 0 unspecified atom stereocenters. The van der Waals surface area contributed by atoms with Crippen molar-refractivity contribution in [2.45, 2.75) is 51.1 Å². The Morgan fingerprint density at radius 1 is 1.07 bits per heavy atom. The molecular formula is C30H35ClFN3O5S. The van der Waals surface area contributed by atoms with Crippen LogP contribution < -0.4 is 14.4 Å². The van der Waals surface area contributed by atoms with Crippen molar-refractivity contribution in [3.8, 4) is 5.75 Å². The Kier molecular flexibility index (Phi) is 11.1. The fourth-order valence-electron chi connectivity index (χ4n) is 4.14. The van der Waals surface area contributed by atoms with E-state index in [1.54, 1.807) is 18.2 Å². The smallest absolute Gasteiger partial charge is 0.264 e. The van der Waals surface area contributed by atoms with Gasteiger partial charge in [0, 0.05) is 23.7 Å². The summed E-state index contributed by atoms with van der Waals surface area (Å²) in [7, 11) is -2.95. The molecule has 0 aliphatic carbocycles. The van der Waals surface area contributed by atoms with Gasteiger partial charge in [0.1, 0.15) is 24.2 Å². The standard InChI is InChI=1S/C30H35ClFN3O5S/c1-5-6-17-33-30(37)22(3)34(19-23-9-7-8-10-26(23)32)29(36)20-35(27-18-24(31)13-16-28(27)40-4)41(38,39)25-14-11-21(2)12-15-25/h7-16,18,22H,5-6,17,19-20H2,1-4H3,(H,33,37)/t22-/m0/s1. The number of carbonyl (C=O) groups excluding carboxylic acids is 2. The molecule has 0 aromatic heterocycles. The summed E-state index contributed by atoms with van der Waals surface area (Å²) in [5.41, 5.74) is 1.08. The second-order valence-electron chi connectivity index (χ2n) is 9.57. The molecule has 3 aromatic rings. The molecule has 0 fully saturated rings. The Bertz CT molecular complexity index is 1470. The number of sulfonamides is 1. The summed E-state index contributed by atoms with van der Waals surface area (Å²) in [6.45, 7) is 4.79. The van der Waals surface area contributed by atoms with E-state index in [1.807, 2.05) is 13.8 Å². The first kappa shape index (κ1) is 31.9. The summed E-state index contributed by atoms with van der Waals surface area (Å²) >= 11 is 6.24. The molecule has 0 heterocycles. The zero-order valence-electron chi connectivity index (χ0n) is 23.6. The molecule has 0 bridgehead atoms. The molecule has 0 aliphatic rings. The lowest BCUT2D eigenvalue weighted by Gasteiger charge is -2.32. The first-order chi connectivity index (χ1) is 19.5. The number of nitrogens with one attached hydrogen (secondary N) is 1. The molecule has 1 atom stereocenters. The number of amides is 2. The number of hydrogen-bond donors (Lipinski definition) is 1. The highest BCUT2D eigenvalue weighted by Crippen LogP contribution is 2.35. The lowest BCUT2D eigenvalue weighted by molar-refractivity contribution is -0.139. The quantitative estimate of drug-likeness (QED) is 0.267. The number of nitrogens with zero attached hydrogens (tertiary/aromatic N) is 2. The van der Waals surface area contributed by atoms with Gasteiger partial charge in [-0.3, -0.25) is 13.9 Å². The highest BCUT2D eigenvalue weighted by molar-refractivity contribution is 7.92. The van der Waals surface area contributed by atoms with Gasteiger partial charge < -0.3 is 15.0 Å². The van der Waals surface area contributed by atoms with E-state index in [2.05, 4.69) is 5.32 Å². The fraction of sp³-hybridized carbons (Fsp3) is 0.333. The highest BCUT2D eigenvalue weighted by Gasteiger charge is 2.34. The van der Waals surface area contributed by atoms with Gasteiger partial charge in [-0.15, -0.1) is 0 Å². The second-order valence-corrected chi connectivity index (χ2v) is 11.9. The van der Waals surface area contributed by atoms with Crippen molar-refractivity contribution >= 4 is 39.1 Å². The molecule has 0 radical (unpaired) electrons. The van der Waals surface area contributed by atoms with Crippen LogP contribution in [0.5, 0.6) is 5.75 Å². The van der Waals surface area contributed by atoms with E-state index in [0.29, 0.717) is 6.54 Å². The number of carbonyl (C=O) groups is 2. The number of rotatable bonds is 13. The molecule has 0 spiro atoms. The average molecular weight is 604 g/mol. The van der Waals surface area contributed by atoms with Gasteiger partial charge in [-0.05, 0) is 56.7 Å². The number of hydrogen-bond acceptors (Lipinski definition) is 5. The zero-order chi connectivity index (χ0) is 30.2. The van der Waals surface area contributed by atoms with Crippen molar-refractivity contribution in [3.05, 3.63) is 88.7 Å². The number of unbranched alkanes of at least 4 members (excludes halogenated alkanes) is 1. The van der Waals surface area contributed by atoms with Crippen molar-refractivity contribution in [3.63, 3.8) is 0 Å². The van der Waals surface area contributed by atoms with Crippen LogP contribution in [-0.2, 0) is 26.2 Å².